The summed E-state index contributed by atoms with van der Waals surface area (Å²) >= 11 is 3.25. The van der Waals surface area contributed by atoms with Crippen molar-refractivity contribution in [3.05, 3.63) is 58.6 Å². The Labute approximate surface area is 150 Å². The maximum absolute atomic E-state index is 12.3. The molecule has 4 nitrogen and oxygen atoms in total. The molecule has 1 N–H and O–H groups in total. The number of hydrogen-bond donors (Lipinski definition) is 1. The first-order valence-corrected chi connectivity index (χ1v) is 7.97. The molecule has 2 rings (SSSR count). The van der Waals surface area contributed by atoms with Gasteiger partial charge >= 0.3 is 6.36 Å². The number of nitrogens with one attached hydrogen (secondary N) is 1. The van der Waals surface area contributed by atoms with E-state index in [4.69, 9.17) is 0 Å². The van der Waals surface area contributed by atoms with E-state index < -0.39 is 18.0 Å². The van der Waals surface area contributed by atoms with E-state index in [-0.39, 0.29) is 24.3 Å². The van der Waals surface area contributed by atoms with Crippen LogP contribution in [0.25, 0.3) is 0 Å². The third-order valence-electron chi connectivity index (χ3n) is 3.13. The van der Waals surface area contributed by atoms with Gasteiger partial charge in [-0.2, -0.15) is 0 Å². The second kappa shape index (κ2) is 8.15. The average molecular weight is 416 g/mol. The molecule has 0 unspecified atom stereocenters. The standard InChI is InChI=1S/C17H13BrF3NO3/c18-12-7-5-11(6-8-12)14(23)9-10-16(24)22-13-3-1-2-4-15(13)25-17(19,20)21/h1-8H,9-10H2,(H,22,24). The summed E-state index contributed by atoms with van der Waals surface area (Å²) in [4.78, 5) is 23.9. The van der Waals surface area contributed by atoms with Crippen LogP contribution in [-0.2, 0) is 4.79 Å². The summed E-state index contributed by atoms with van der Waals surface area (Å²) in [5, 5.41) is 2.33. The van der Waals surface area contributed by atoms with E-state index in [9.17, 15) is 22.8 Å². The fraction of sp³-hybridized carbons (Fsp3) is 0.176. The molecular formula is C17H13BrF3NO3. The van der Waals surface area contributed by atoms with Gasteiger partial charge in [-0.25, -0.2) is 0 Å². The van der Waals surface area contributed by atoms with Crippen molar-refractivity contribution in [3.63, 3.8) is 0 Å². The molecule has 0 radical (unpaired) electrons. The number of hydrogen-bond acceptors (Lipinski definition) is 3. The van der Waals surface area contributed by atoms with E-state index in [1.165, 1.54) is 18.2 Å². The number of anilines is 1. The number of alkyl halides is 3. The lowest BCUT2D eigenvalue weighted by Gasteiger charge is -2.13. The van der Waals surface area contributed by atoms with Crippen LogP contribution in [0.5, 0.6) is 5.75 Å². The zero-order valence-electron chi connectivity index (χ0n) is 12.8. The second-order valence-corrected chi connectivity index (χ2v) is 5.94. The lowest BCUT2D eigenvalue weighted by molar-refractivity contribution is -0.274. The van der Waals surface area contributed by atoms with Crippen molar-refractivity contribution in [2.45, 2.75) is 19.2 Å². The molecule has 8 heteroatoms. The van der Waals surface area contributed by atoms with Crippen LogP contribution < -0.4 is 10.1 Å². The Morgan fingerprint density at radius 2 is 1.64 bits per heavy atom. The van der Waals surface area contributed by atoms with E-state index in [0.29, 0.717) is 5.56 Å². The van der Waals surface area contributed by atoms with Gasteiger partial charge in [-0.15, -0.1) is 13.2 Å². The van der Waals surface area contributed by atoms with Crippen LogP contribution in [0.4, 0.5) is 18.9 Å². The maximum atomic E-state index is 12.3. The summed E-state index contributed by atoms with van der Waals surface area (Å²) in [5.74, 6) is -1.33. The molecule has 0 saturated carbocycles. The van der Waals surface area contributed by atoms with Gasteiger partial charge in [0.15, 0.2) is 11.5 Å². The van der Waals surface area contributed by atoms with Crippen molar-refractivity contribution >= 4 is 33.3 Å². The van der Waals surface area contributed by atoms with Crippen LogP contribution in [0.2, 0.25) is 0 Å². The van der Waals surface area contributed by atoms with Gasteiger partial charge in [0.2, 0.25) is 5.91 Å². The van der Waals surface area contributed by atoms with Gasteiger partial charge < -0.3 is 10.1 Å². The first-order chi connectivity index (χ1) is 11.7. The highest BCUT2D eigenvalue weighted by molar-refractivity contribution is 9.10. The fourth-order valence-corrected chi connectivity index (χ4v) is 2.27. The number of ketones is 1. The van der Waals surface area contributed by atoms with Crippen molar-refractivity contribution in [2.75, 3.05) is 5.32 Å². The van der Waals surface area contributed by atoms with Gasteiger partial charge in [0.05, 0.1) is 5.69 Å². The van der Waals surface area contributed by atoms with E-state index in [2.05, 4.69) is 26.0 Å². The molecule has 0 fully saturated rings. The predicted octanol–water partition coefficient (Wildman–Crippen LogP) is 4.95. The third kappa shape index (κ3) is 6.22. The fourth-order valence-electron chi connectivity index (χ4n) is 2.00. The molecular weight excluding hydrogens is 403 g/mol. The summed E-state index contributed by atoms with van der Waals surface area (Å²) in [6.45, 7) is 0. The first-order valence-electron chi connectivity index (χ1n) is 7.18. The SMILES string of the molecule is O=C(CCC(=O)c1ccc(Br)cc1)Nc1ccccc1OC(F)(F)F. The Hall–Kier alpha value is -2.35. The second-order valence-electron chi connectivity index (χ2n) is 5.02. The Morgan fingerprint density at radius 1 is 1.00 bits per heavy atom. The number of para-hydroxylation sites is 2. The number of benzene rings is 2. The number of amides is 1. The van der Waals surface area contributed by atoms with E-state index >= 15 is 0 Å². The van der Waals surface area contributed by atoms with Crippen LogP contribution in [0, 0.1) is 0 Å². The third-order valence-corrected chi connectivity index (χ3v) is 3.66. The molecule has 0 aliphatic rings. The van der Waals surface area contributed by atoms with Crippen LogP contribution >= 0.6 is 15.9 Å². The highest BCUT2D eigenvalue weighted by Crippen LogP contribution is 2.30. The summed E-state index contributed by atoms with van der Waals surface area (Å²) in [6.07, 6.45) is -5.08. The van der Waals surface area contributed by atoms with Crippen LogP contribution in [-0.4, -0.2) is 18.1 Å². The summed E-state index contributed by atoms with van der Waals surface area (Å²) in [7, 11) is 0. The quantitative estimate of drug-likeness (QED) is 0.679. The van der Waals surface area contributed by atoms with Crippen LogP contribution in [0.3, 0.4) is 0 Å². The van der Waals surface area contributed by atoms with Gasteiger partial charge in [-0.3, -0.25) is 9.59 Å². The highest BCUT2D eigenvalue weighted by atomic mass is 79.9. The smallest absolute Gasteiger partial charge is 0.404 e. The van der Waals surface area contributed by atoms with Gasteiger partial charge in [0.25, 0.3) is 0 Å². The normalized spacial score (nSPS) is 11.0. The average Bonchev–Trinajstić information content (AvgIpc) is 2.54. The molecule has 0 bridgehead atoms. The minimum absolute atomic E-state index is 0.0598. The van der Waals surface area contributed by atoms with Gasteiger partial charge in [0.1, 0.15) is 0 Å². The molecule has 1 amide bonds. The molecule has 0 aromatic heterocycles. The minimum atomic E-state index is -4.86. The summed E-state index contributed by atoms with van der Waals surface area (Å²) < 4.78 is 41.7. The van der Waals surface area contributed by atoms with Crippen LogP contribution in [0.15, 0.2) is 53.0 Å². The van der Waals surface area contributed by atoms with Crippen LogP contribution in [0.1, 0.15) is 23.2 Å². The van der Waals surface area contributed by atoms with Gasteiger partial charge in [-0.05, 0) is 24.3 Å². The van der Waals surface area contributed by atoms with Crippen molar-refractivity contribution in [1.29, 1.82) is 0 Å². The molecule has 2 aromatic rings. The van der Waals surface area contributed by atoms with Gasteiger partial charge in [0, 0.05) is 22.9 Å². The monoisotopic (exact) mass is 415 g/mol. The zero-order chi connectivity index (χ0) is 18.4. The largest absolute Gasteiger partial charge is 0.573 e. The molecule has 132 valence electrons. The summed E-state index contributed by atoms with van der Waals surface area (Å²) in [6, 6.07) is 11.9. The molecule has 0 atom stereocenters. The molecule has 25 heavy (non-hydrogen) atoms. The zero-order valence-corrected chi connectivity index (χ0v) is 14.4. The lowest BCUT2D eigenvalue weighted by atomic mass is 10.1. The lowest BCUT2D eigenvalue weighted by Crippen LogP contribution is -2.19. The number of carbonyl (C=O) groups excluding carboxylic acids is 2. The molecule has 2 aromatic carbocycles. The first kappa shape index (κ1) is 19.0. The van der Waals surface area contributed by atoms with E-state index in [1.54, 1.807) is 24.3 Å². The Balaban J connectivity index is 1.94. The highest BCUT2D eigenvalue weighted by Gasteiger charge is 2.32. The van der Waals surface area contributed by atoms with Crippen molar-refractivity contribution in [3.8, 4) is 5.75 Å². The number of carbonyl (C=O) groups is 2. The van der Waals surface area contributed by atoms with Crippen molar-refractivity contribution in [1.82, 2.24) is 0 Å². The Bertz CT molecular complexity index is 760. The maximum Gasteiger partial charge on any atom is 0.573 e. The van der Waals surface area contributed by atoms with E-state index in [1.807, 2.05) is 0 Å². The van der Waals surface area contributed by atoms with E-state index in [0.717, 1.165) is 10.5 Å². The molecule has 0 spiro atoms. The molecule has 0 heterocycles. The molecule has 0 saturated heterocycles. The molecule has 0 aliphatic heterocycles. The number of ether oxygens (including phenoxy) is 1. The van der Waals surface area contributed by atoms with Crippen molar-refractivity contribution in [2.24, 2.45) is 0 Å². The predicted molar refractivity (Wildman–Crippen MR) is 89.5 cm³/mol. The summed E-state index contributed by atoms with van der Waals surface area (Å²) in [5.41, 5.74) is 0.345. The Morgan fingerprint density at radius 3 is 2.28 bits per heavy atom. The van der Waals surface area contributed by atoms with Crippen molar-refractivity contribution < 1.29 is 27.5 Å². The molecule has 0 aliphatic carbocycles. The topological polar surface area (TPSA) is 55.4 Å². The van der Waals surface area contributed by atoms with Gasteiger partial charge in [-0.1, -0.05) is 40.2 Å². The minimum Gasteiger partial charge on any atom is -0.404 e. The number of halogens is 4. The number of rotatable bonds is 6. The number of Topliss-reactive ketones (excluding diaryl/α,β-unsaturated/α-hetero) is 1. The Kier molecular flexibility index (Phi) is 6.19.